The van der Waals surface area contributed by atoms with Crippen LogP contribution in [0.15, 0.2) is 52.7 Å². The Morgan fingerprint density at radius 2 is 1.86 bits per heavy atom. The molecule has 0 unspecified atom stereocenters. The average molecular weight is 411 g/mol. The van der Waals surface area contributed by atoms with E-state index in [1.165, 1.54) is 18.2 Å². The third kappa shape index (κ3) is 6.28. The van der Waals surface area contributed by atoms with Crippen molar-refractivity contribution in [2.45, 2.75) is 19.7 Å². The van der Waals surface area contributed by atoms with Gasteiger partial charge in [-0.3, -0.25) is 0 Å². The molecule has 2 rings (SSSR count). The molecule has 11 heteroatoms. The molecule has 0 spiro atoms. The van der Waals surface area contributed by atoms with Crippen molar-refractivity contribution in [2.24, 2.45) is 21.9 Å². The number of amidine groups is 1. The van der Waals surface area contributed by atoms with Gasteiger partial charge < -0.3 is 25.9 Å². The number of hydrogen-bond acceptors (Lipinski definition) is 7. The molecule has 2 aromatic carbocycles. The van der Waals surface area contributed by atoms with E-state index >= 15 is 0 Å². The lowest BCUT2D eigenvalue weighted by atomic mass is 10.1. The van der Waals surface area contributed by atoms with Crippen molar-refractivity contribution in [2.75, 3.05) is 6.61 Å². The van der Waals surface area contributed by atoms with Crippen molar-refractivity contribution in [1.82, 2.24) is 5.43 Å². The molecular weight excluding hydrogens is 391 g/mol. The Kier molecular flexibility index (Phi) is 7.26. The van der Waals surface area contributed by atoms with E-state index in [0.717, 1.165) is 12.1 Å². The number of oxime groups is 1. The number of hydrazone groups is 1. The monoisotopic (exact) mass is 411 g/mol. The molecule has 8 nitrogen and oxygen atoms in total. The smallest absolute Gasteiger partial charge is 0.416 e. The lowest BCUT2D eigenvalue weighted by Gasteiger charge is -2.10. The van der Waals surface area contributed by atoms with Gasteiger partial charge in [0.2, 0.25) is 0 Å². The van der Waals surface area contributed by atoms with Crippen LogP contribution in [0.2, 0.25) is 0 Å². The van der Waals surface area contributed by atoms with Gasteiger partial charge in [-0.25, -0.2) is 5.84 Å². The Labute approximate surface area is 164 Å². The van der Waals surface area contributed by atoms with Crippen LogP contribution in [-0.2, 0) is 17.6 Å². The average Bonchev–Trinajstić information content (AvgIpc) is 2.68. The van der Waals surface area contributed by atoms with Gasteiger partial charge in [-0.2, -0.15) is 18.3 Å². The van der Waals surface area contributed by atoms with Crippen molar-refractivity contribution >= 4 is 11.5 Å². The van der Waals surface area contributed by atoms with Gasteiger partial charge in [-0.15, -0.1) is 0 Å². The molecule has 0 aliphatic rings. The number of nitrogens with zero attached hydrogens (tertiary/aromatic N) is 2. The number of aromatic hydroxyl groups is 1. The number of nitrogens with two attached hydrogens (primary N) is 2. The highest BCUT2D eigenvalue weighted by Crippen LogP contribution is 2.29. The SMILES string of the molecule is C/C(=N\OCc1ccc(C(F)(F)F)cc1)c1ccc(OC/C(=N/N)NN)cc1O. The van der Waals surface area contributed by atoms with Crippen molar-refractivity contribution in [1.29, 1.82) is 0 Å². The topological polar surface area (TPSA) is 127 Å². The van der Waals surface area contributed by atoms with Gasteiger partial charge >= 0.3 is 6.18 Å². The lowest BCUT2D eigenvalue weighted by Crippen LogP contribution is -2.35. The van der Waals surface area contributed by atoms with E-state index in [1.807, 2.05) is 0 Å². The van der Waals surface area contributed by atoms with Crippen LogP contribution >= 0.6 is 0 Å². The quantitative estimate of drug-likeness (QED) is 0.240. The number of hydrazine groups is 1. The molecule has 0 saturated carbocycles. The van der Waals surface area contributed by atoms with Crippen LogP contribution in [0.5, 0.6) is 11.5 Å². The van der Waals surface area contributed by atoms with E-state index in [0.29, 0.717) is 22.6 Å². The Balaban J connectivity index is 1.97. The van der Waals surface area contributed by atoms with Crippen LogP contribution in [0.1, 0.15) is 23.6 Å². The molecule has 29 heavy (non-hydrogen) atoms. The van der Waals surface area contributed by atoms with Crippen LogP contribution < -0.4 is 21.8 Å². The lowest BCUT2D eigenvalue weighted by molar-refractivity contribution is -0.137. The molecule has 0 amide bonds. The number of ether oxygens (including phenoxy) is 1. The third-order valence-corrected chi connectivity index (χ3v) is 3.77. The number of phenols is 1. The summed E-state index contributed by atoms with van der Waals surface area (Å²) in [6.07, 6.45) is -4.39. The molecule has 0 aromatic heterocycles. The van der Waals surface area contributed by atoms with Crippen molar-refractivity contribution in [3.8, 4) is 11.5 Å². The number of rotatable bonds is 7. The van der Waals surface area contributed by atoms with E-state index in [2.05, 4.69) is 15.7 Å². The van der Waals surface area contributed by atoms with Gasteiger partial charge in [0, 0.05) is 11.6 Å². The molecule has 0 saturated heterocycles. The summed E-state index contributed by atoms with van der Waals surface area (Å²) >= 11 is 0. The van der Waals surface area contributed by atoms with E-state index in [4.69, 9.17) is 21.3 Å². The minimum absolute atomic E-state index is 0.0188. The summed E-state index contributed by atoms with van der Waals surface area (Å²) in [6.45, 7) is 1.57. The zero-order valence-corrected chi connectivity index (χ0v) is 15.4. The first-order valence-corrected chi connectivity index (χ1v) is 8.27. The Hall–Kier alpha value is -3.47. The first kappa shape index (κ1) is 21.8. The minimum Gasteiger partial charge on any atom is -0.507 e. The van der Waals surface area contributed by atoms with Crippen LogP contribution in [0.4, 0.5) is 13.2 Å². The van der Waals surface area contributed by atoms with Crippen LogP contribution in [-0.4, -0.2) is 23.3 Å². The molecule has 6 N–H and O–H groups in total. The molecular formula is C18H20F3N5O3. The molecule has 156 valence electrons. The maximum absolute atomic E-state index is 12.5. The molecule has 0 heterocycles. The number of nitrogens with one attached hydrogen (secondary N) is 1. The largest absolute Gasteiger partial charge is 0.507 e. The Bertz CT molecular complexity index is 883. The maximum Gasteiger partial charge on any atom is 0.416 e. The zero-order valence-electron chi connectivity index (χ0n) is 15.4. The number of alkyl halides is 3. The summed E-state index contributed by atoms with van der Waals surface area (Å²) in [5.74, 6) is 10.7. The van der Waals surface area contributed by atoms with Crippen LogP contribution in [0.25, 0.3) is 0 Å². The summed E-state index contributed by atoms with van der Waals surface area (Å²) < 4.78 is 43.0. The molecule has 0 fully saturated rings. The molecule has 2 aromatic rings. The van der Waals surface area contributed by atoms with Crippen LogP contribution in [0, 0.1) is 0 Å². The fraction of sp³-hybridized carbons (Fsp3) is 0.222. The highest BCUT2D eigenvalue weighted by molar-refractivity contribution is 6.00. The van der Waals surface area contributed by atoms with Crippen LogP contribution in [0.3, 0.4) is 0 Å². The summed E-state index contributed by atoms with van der Waals surface area (Å²) in [5.41, 5.74) is 2.81. The second-order valence-corrected chi connectivity index (χ2v) is 5.83. The number of halogens is 3. The molecule has 0 bridgehead atoms. The fourth-order valence-electron chi connectivity index (χ4n) is 2.22. The highest BCUT2D eigenvalue weighted by atomic mass is 19.4. The van der Waals surface area contributed by atoms with Gasteiger partial charge in [-0.1, -0.05) is 17.3 Å². The normalized spacial score (nSPS) is 12.6. The van der Waals surface area contributed by atoms with E-state index in [1.54, 1.807) is 19.1 Å². The summed E-state index contributed by atoms with van der Waals surface area (Å²) in [7, 11) is 0. The van der Waals surface area contributed by atoms with E-state index < -0.39 is 11.7 Å². The Morgan fingerprint density at radius 3 is 2.41 bits per heavy atom. The predicted molar refractivity (Wildman–Crippen MR) is 101 cm³/mol. The van der Waals surface area contributed by atoms with Crippen molar-refractivity contribution in [3.63, 3.8) is 0 Å². The zero-order chi connectivity index (χ0) is 21.4. The molecule has 0 aliphatic heterocycles. The second kappa shape index (κ2) is 9.64. The number of hydrogen-bond donors (Lipinski definition) is 4. The van der Waals surface area contributed by atoms with Gasteiger partial charge in [0.1, 0.15) is 24.7 Å². The van der Waals surface area contributed by atoms with Crippen molar-refractivity contribution < 1.29 is 27.9 Å². The van der Waals surface area contributed by atoms with Gasteiger partial charge in [-0.05, 0) is 36.8 Å². The van der Waals surface area contributed by atoms with Gasteiger partial charge in [0.25, 0.3) is 0 Å². The van der Waals surface area contributed by atoms with Crippen molar-refractivity contribution in [3.05, 3.63) is 59.2 Å². The minimum atomic E-state index is -4.39. The van der Waals surface area contributed by atoms with E-state index in [-0.39, 0.29) is 24.8 Å². The third-order valence-electron chi connectivity index (χ3n) is 3.77. The second-order valence-electron chi connectivity index (χ2n) is 5.83. The highest BCUT2D eigenvalue weighted by Gasteiger charge is 2.29. The first-order chi connectivity index (χ1) is 13.7. The Morgan fingerprint density at radius 1 is 1.17 bits per heavy atom. The first-order valence-electron chi connectivity index (χ1n) is 8.27. The maximum atomic E-state index is 12.5. The molecule has 0 aliphatic carbocycles. The molecule has 0 radical (unpaired) electrons. The van der Waals surface area contributed by atoms with Gasteiger partial charge in [0.05, 0.1) is 11.3 Å². The summed E-state index contributed by atoms with van der Waals surface area (Å²) in [4.78, 5) is 5.17. The summed E-state index contributed by atoms with van der Waals surface area (Å²) in [5, 5.41) is 17.4. The molecule has 0 atom stereocenters. The van der Waals surface area contributed by atoms with Gasteiger partial charge in [0.15, 0.2) is 5.84 Å². The number of phenolic OH excluding ortho intramolecular Hbond substituents is 1. The summed E-state index contributed by atoms with van der Waals surface area (Å²) in [6, 6.07) is 9.10. The number of benzene rings is 2. The standard InChI is InChI=1S/C18H20F3N5O3/c1-11(26-29-9-12-2-4-13(5-3-12)18(19,20)21)15-7-6-14(8-16(15)27)28-10-17(24-22)25-23/h2-8,27H,9-10,22-23H2,1H3,(H,24,25)/b26-11+. The van der Waals surface area contributed by atoms with E-state index in [9.17, 15) is 18.3 Å². The predicted octanol–water partition coefficient (Wildman–Crippen LogP) is 2.47. The fourth-order valence-corrected chi connectivity index (χ4v) is 2.22.